The van der Waals surface area contributed by atoms with E-state index in [1.807, 2.05) is 0 Å². The molecular formula is C24H19NO7. The first-order chi connectivity index (χ1) is 15.6. The standard InChI is InChI=1S/C24H19NO7/c1-29-16-7-4-14(5-8-16)22(26)20-21(18-3-2-10-30-18)25(24(28)23(20)27)15-6-9-17-19(13-15)32-12-11-31-17/h2-10,13,21,26H,11-12H2,1H3/b22-20-. The molecule has 1 fully saturated rings. The molecule has 8 heteroatoms. The van der Waals surface area contributed by atoms with E-state index in [1.165, 1.54) is 18.3 Å². The summed E-state index contributed by atoms with van der Waals surface area (Å²) in [6, 6.07) is 13.9. The van der Waals surface area contributed by atoms with E-state index in [9.17, 15) is 14.7 Å². The van der Waals surface area contributed by atoms with Crippen molar-refractivity contribution in [2.24, 2.45) is 0 Å². The van der Waals surface area contributed by atoms with Crippen LogP contribution in [0.5, 0.6) is 17.2 Å². The Morgan fingerprint density at radius 1 is 1.03 bits per heavy atom. The summed E-state index contributed by atoms with van der Waals surface area (Å²) in [5.74, 6) is 0.0866. The van der Waals surface area contributed by atoms with Gasteiger partial charge in [0.1, 0.15) is 36.5 Å². The van der Waals surface area contributed by atoms with Gasteiger partial charge in [-0.2, -0.15) is 0 Å². The van der Waals surface area contributed by atoms with Crippen LogP contribution in [0.15, 0.2) is 70.9 Å². The van der Waals surface area contributed by atoms with Gasteiger partial charge in [0.15, 0.2) is 11.5 Å². The van der Waals surface area contributed by atoms with Gasteiger partial charge >= 0.3 is 0 Å². The predicted octanol–water partition coefficient (Wildman–Crippen LogP) is 3.69. The molecule has 1 saturated heterocycles. The van der Waals surface area contributed by atoms with E-state index in [0.29, 0.717) is 47.5 Å². The summed E-state index contributed by atoms with van der Waals surface area (Å²) in [6.45, 7) is 0.819. The number of carbonyl (C=O) groups excluding carboxylic acids is 2. The van der Waals surface area contributed by atoms with Gasteiger partial charge in [-0.05, 0) is 48.5 Å². The van der Waals surface area contributed by atoms with E-state index < -0.39 is 17.7 Å². The van der Waals surface area contributed by atoms with Crippen molar-refractivity contribution < 1.29 is 33.3 Å². The number of amides is 1. The fourth-order valence-corrected chi connectivity index (χ4v) is 3.90. The Kier molecular flexibility index (Phi) is 4.82. The highest BCUT2D eigenvalue weighted by atomic mass is 16.6. The first-order valence-electron chi connectivity index (χ1n) is 9.97. The molecular weight excluding hydrogens is 414 g/mol. The molecule has 1 amide bonds. The van der Waals surface area contributed by atoms with Gasteiger partial charge < -0.3 is 23.7 Å². The van der Waals surface area contributed by atoms with Crippen LogP contribution in [0.25, 0.3) is 5.76 Å². The number of rotatable bonds is 4. The second kappa shape index (κ2) is 7.81. The van der Waals surface area contributed by atoms with Crippen LogP contribution in [0.2, 0.25) is 0 Å². The normalized spacial score (nSPS) is 19.3. The molecule has 1 N–H and O–H groups in total. The van der Waals surface area contributed by atoms with Crippen LogP contribution in [0.4, 0.5) is 5.69 Å². The maximum absolute atomic E-state index is 13.1. The van der Waals surface area contributed by atoms with Gasteiger partial charge in [0.05, 0.1) is 18.9 Å². The number of ether oxygens (including phenoxy) is 3. The van der Waals surface area contributed by atoms with Crippen LogP contribution in [0.1, 0.15) is 17.4 Å². The van der Waals surface area contributed by atoms with Gasteiger partial charge in [-0.25, -0.2) is 0 Å². The molecule has 1 aromatic heterocycles. The molecule has 5 rings (SSSR count). The molecule has 1 atom stereocenters. The first-order valence-corrected chi connectivity index (χ1v) is 9.97. The number of nitrogens with zero attached hydrogens (tertiary/aromatic N) is 1. The lowest BCUT2D eigenvalue weighted by Gasteiger charge is -2.25. The minimum Gasteiger partial charge on any atom is -0.507 e. The van der Waals surface area contributed by atoms with Crippen LogP contribution in [-0.4, -0.2) is 37.1 Å². The third-order valence-electron chi connectivity index (χ3n) is 5.42. The molecule has 3 heterocycles. The highest BCUT2D eigenvalue weighted by Crippen LogP contribution is 2.44. The lowest BCUT2D eigenvalue weighted by Crippen LogP contribution is -2.29. The number of hydrogen-bond acceptors (Lipinski definition) is 7. The SMILES string of the molecule is COc1ccc(/C(O)=C2/C(=O)C(=O)N(c3ccc4c(c3)OCCO4)C2c2ccco2)cc1. The molecule has 3 aromatic rings. The Morgan fingerprint density at radius 2 is 1.78 bits per heavy atom. The van der Waals surface area contributed by atoms with Crippen molar-refractivity contribution in [1.82, 2.24) is 0 Å². The highest BCUT2D eigenvalue weighted by molar-refractivity contribution is 6.51. The number of benzene rings is 2. The topological polar surface area (TPSA) is 98.4 Å². The monoisotopic (exact) mass is 433 g/mol. The highest BCUT2D eigenvalue weighted by Gasteiger charge is 2.48. The molecule has 2 aliphatic rings. The van der Waals surface area contributed by atoms with E-state index in [2.05, 4.69) is 0 Å². The summed E-state index contributed by atoms with van der Waals surface area (Å²) in [4.78, 5) is 27.5. The Balaban J connectivity index is 1.65. The smallest absolute Gasteiger partial charge is 0.300 e. The van der Waals surface area contributed by atoms with E-state index in [0.717, 1.165) is 0 Å². The Morgan fingerprint density at radius 3 is 2.47 bits per heavy atom. The van der Waals surface area contributed by atoms with Crippen LogP contribution >= 0.6 is 0 Å². The van der Waals surface area contributed by atoms with E-state index in [1.54, 1.807) is 54.6 Å². The molecule has 0 aliphatic carbocycles. The quantitative estimate of drug-likeness (QED) is 0.381. The van der Waals surface area contributed by atoms with Crippen molar-refractivity contribution in [2.45, 2.75) is 6.04 Å². The number of aliphatic hydroxyl groups excluding tert-OH is 1. The number of carbonyl (C=O) groups is 2. The van der Waals surface area contributed by atoms with Crippen LogP contribution in [-0.2, 0) is 9.59 Å². The fraction of sp³-hybridized carbons (Fsp3) is 0.167. The van der Waals surface area contributed by atoms with E-state index in [4.69, 9.17) is 18.6 Å². The largest absolute Gasteiger partial charge is 0.507 e. The zero-order valence-electron chi connectivity index (χ0n) is 17.1. The lowest BCUT2D eigenvalue weighted by molar-refractivity contribution is -0.132. The summed E-state index contributed by atoms with van der Waals surface area (Å²) >= 11 is 0. The summed E-state index contributed by atoms with van der Waals surface area (Å²) in [7, 11) is 1.53. The van der Waals surface area contributed by atoms with E-state index >= 15 is 0 Å². The van der Waals surface area contributed by atoms with E-state index in [-0.39, 0.29) is 11.3 Å². The molecule has 162 valence electrons. The summed E-state index contributed by atoms with van der Waals surface area (Å²) in [5.41, 5.74) is 0.735. The van der Waals surface area contributed by atoms with Gasteiger partial charge in [-0.1, -0.05) is 0 Å². The maximum atomic E-state index is 13.1. The number of methoxy groups -OCH3 is 1. The molecule has 8 nitrogen and oxygen atoms in total. The molecule has 0 bridgehead atoms. The summed E-state index contributed by atoms with van der Waals surface area (Å²) in [6.07, 6.45) is 1.45. The number of fused-ring (bicyclic) bond motifs is 1. The molecule has 0 saturated carbocycles. The second-order valence-corrected chi connectivity index (χ2v) is 7.24. The zero-order valence-corrected chi connectivity index (χ0v) is 17.1. The fourth-order valence-electron chi connectivity index (χ4n) is 3.90. The number of anilines is 1. The maximum Gasteiger partial charge on any atom is 0.300 e. The molecule has 0 radical (unpaired) electrons. The van der Waals surface area contributed by atoms with Gasteiger partial charge in [0.25, 0.3) is 11.7 Å². The first kappa shape index (κ1) is 19.7. The Bertz CT molecular complexity index is 1210. The van der Waals surface area contributed by atoms with Gasteiger partial charge in [0.2, 0.25) is 0 Å². The predicted molar refractivity (Wildman–Crippen MR) is 114 cm³/mol. The van der Waals surface area contributed by atoms with Crippen molar-refractivity contribution in [3.8, 4) is 17.2 Å². The van der Waals surface area contributed by atoms with Crippen molar-refractivity contribution >= 4 is 23.1 Å². The van der Waals surface area contributed by atoms with Crippen molar-refractivity contribution in [3.63, 3.8) is 0 Å². The lowest BCUT2D eigenvalue weighted by atomic mass is 9.99. The Hall–Kier alpha value is -4.20. The number of ketones is 1. The van der Waals surface area contributed by atoms with Crippen LogP contribution in [0, 0.1) is 0 Å². The number of hydrogen-bond donors (Lipinski definition) is 1. The second-order valence-electron chi connectivity index (χ2n) is 7.24. The van der Waals surface area contributed by atoms with Crippen LogP contribution in [0.3, 0.4) is 0 Å². The van der Waals surface area contributed by atoms with Crippen LogP contribution < -0.4 is 19.1 Å². The minimum atomic E-state index is -0.949. The number of Topliss-reactive ketones (excluding diaryl/α,β-unsaturated/α-hetero) is 1. The molecule has 1 unspecified atom stereocenters. The number of furan rings is 1. The summed E-state index contributed by atoms with van der Waals surface area (Å²) in [5, 5.41) is 11.1. The average molecular weight is 433 g/mol. The average Bonchev–Trinajstić information content (AvgIpc) is 3.45. The molecule has 2 aliphatic heterocycles. The van der Waals surface area contributed by atoms with Crippen molar-refractivity contribution in [1.29, 1.82) is 0 Å². The van der Waals surface area contributed by atoms with Crippen molar-refractivity contribution in [2.75, 3.05) is 25.2 Å². The molecule has 2 aromatic carbocycles. The molecule has 32 heavy (non-hydrogen) atoms. The zero-order chi connectivity index (χ0) is 22.2. The van der Waals surface area contributed by atoms with Crippen molar-refractivity contribution in [3.05, 3.63) is 77.8 Å². The van der Waals surface area contributed by atoms with Gasteiger partial charge in [-0.15, -0.1) is 0 Å². The minimum absolute atomic E-state index is 0.0648. The summed E-state index contributed by atoms with van der Waals surface area (Å²) < 4.78 is 21.9. The third kappa shape index (κ3) is 3.17. The van der Waals surface area contributed by atoms with Gasteiger partial charge in [0, 0.05) is 17.3 Å². The van der Waals surface area contributed by atoms with Gasteiger partial charge in [-0.3, -0.25) is 14.5 Å². The molecule has 0 spiro atoms. The third-order valence-corrected chi connectivity index (χ3v) is 5.42. The number of aliphatic hydroxyl groups is 1. The Labute approximate surface area is 183 Å².